The molecule has 1 heterocycles. The predicted octanol–water partition coefficient (Wildman–Crippen LogP) is 3.05. The molecule has 0 spiro atoms. The molecule has 0 saturated heterocycles. The zero-order valence-corrected chi connectivity index (χ0v) is 13.1. The molecule has 118 valence electrons. The SMILES string of the molecule is COc1cc(-c2sccc2OC[N+](=O)[O-])cc(OC)c1OC. The van der Waals surface area contributed by atoms with Crippen LogP contribution in [0.2, 0.25) is 0 Å². The second-order valence-electron chi connectivity index (χ2n) is 4.13. The first-order valence-corrected chi connectivity index (χ1v) is 7.11. The quantitative estimate of drug-likeness (QED) is 0.442. The van der Waals surface area contributed by atoms with Crippen LogP contribution in [0, 0.1) is 10.1 Å². The van der Waals surface area contributed by atoms with Crippen molar-refractivity contribution in [2.24, 2.45) is 0 Å². The number of nitrogens with zero attached hydrogens (tertiary/aromatic N) is 1. The highest BCUT2D eigenvalue weighted by atomic mass is 32.1. The van der Waals surface area contributed by atoms with Gasteiger partial charge in [-0.1, -0.05) is 0 Å². The van der Waals surface area contributed by atoms with Gasteiger partial charge >= 0.3 is 6.73 Å². The summed E-state index contributed by atoms with van der Waals surface area (Å²) in [6, 6.07) is 5.23. The normalized spacial score (nSPS) is 10.1. The Morgan fingerprint density at radius 1 is 1.09 bits per heavy atom. The Hall–Kier alpha value is -2.48. The maximum absolute atomic E-state index is 10.5. The molecule has 2 rings (SSSR count). The summed E-state index contributed by atoms with van der Waals surface area (Å²) in [7, 11) is 4.58. The van der Waals surface area contributed by atoms with E-state index in [0.717, 1.165) is 10.4 Å². The van der Waals surface area contributed by atoms with Crippen LogP contribution in [0.3, 0.4) is 0 Å². The summed E-state index contributed by atoms with van der Waals surface area (Å²) in [4.78, 5) is 10.7. The highest BCUT2D eigenvalue weighted by Crippen LogP contribution is 2.44. The summed E-state index contributed by atoms with van der Waals surface area (Å²) in [5.41, 5.74) is 0.767. The van der Waals surface area contributed by atoms with Crippen molar-refractivity contribution in [2.75, 3.05) is 28.1 Å². The van der Waals surface area contributed by atoms with Crippen LogP contribution in [-0.2, 0) is 0 Å². The summed E-state index contributed by atoms with van der Waals surface area (Å²) in [5.74, 6) is 1.94. The molecule has 7 nitrogen and oxygen atoms in total. The van der Waals surface area contributed by atoms with Gasteiger partial charge in [-0.2, -0.15) is 0 Å². The number of benzene rings is 1. The van der Waals surface area contributed by atoms with Crippen molar-refractivity contribution < 1.29 is 23.9 Å². The number of hydrogen-bond acceptors (Lipinski definition) is 7. The van der Waals surface area contributed by atoms with E-state index in [2.05, 4.69) is 0 Å². The fourth-order valence-electron chi connectivity index (χ4n) is 1.96. The van der Waals surface area contributed by atoms with E-state index in [1.54, 1.807) is 23.6 Å². The fourth-order valence-corrected chi connectivity index (χ4v) is 2.78. The zero-order valence-electron chi connectivity index (χ0n) is 12.3. The van der Waals surface area contributed by atoms with Crippen LogP contribution in [0.25, 0.3) is 10.4 Å². The lowest BCUT2D eigenvalue weighted by molar-refractivity contribution is -0.514. The topological polar surface area (TPSA) is 80.1 Å². The molecule has 0 atom stereocenters. The Morgan fingerprint density at radius 2 is 1.73 bits per heavy atom. The summed E-state index contributed by atoms with van der Waals surface area (Å²) < 4.78 is 21.1. The number of nitro groups is 1. The van der Waals surface area contributed by atoms with Crippen molar-refractivity contribution in [3.8, 4) is 33.4 Å². The van der Waals surface area contributed by atoms with Gasteiger partial charge in [0.05, 0.1) is 31.1 Å². The Morgan fingerprint density at radius 3 is 2.23 bits per heavy atom. The average Bonchev–Trinajstić information content (AvgIpc) is 2.99. The van der Waals surface area contributed by atoms with Crippen LogP contribution >= 0.6 is 11.3 Å². The minimum Gasteiger partial charge on any atom is -0.493 e. The van der Waals surface area contributed by atoms with E-state index in [-0.39, 0.29) is 0 Å². The first kappa shape index (κ1) is 15.9. The van der Waals surface area contributed by atoms with E-state index >= 15 is 0 Å². The third kappa shape index (κ3) is 3.22. The molecule has 1 aromatic carbocycles. The first-order chi connectivity index (χ1) is 10.6. The third-order valence-corrected chi connectivity index (χ3v) is 3.83. The smallest absolute Gasteiger partial charge is 0.344 e. The van der Waals surface area contributed by atoms with E-state index in [1.165, 1.54) is 32.7 Å². The monoisotopic (exact) mass is 325 g/mol. The largest absolute Gasteiger partial charge is 0.493 e. The van der Waals surface area contributed by atoms with Crippen LogP contribution < -0.4 is 18.9 Å². The van der Waals surface area contributed by atoms with E-state index in [4.69, 9.17) is 18.9 Å². The van der Waals surface area contributed by atoms with Crippen molar-refractivity contribution in [3.05, 3.63) is 33.7 Å². The molecular weight excluding hydrogens is 310 g/mol. The summed E-state index contributed by atoms with van der Waals surface area (Å²) in [6.45, 7) is -0.589. The molecular formula is C14H15NO6S. The Kier molecular flexibility index (Phi) is 5.05. The van der Waals surface area contributed by atoms with Gasteiger partial charge in [0.15, 0.2) is 11.5 Å². The summed E-state index contributed by atoms with van der Waals surface area (Å²) in [5, 5.41) is 12.3. The third-order valence-electron chi connectivity index (χ3n) is 2.88. The second kappa shape index (κ2) is 6.99. The van der Waals surface area contributed by atoms with Gasteiger partial charge in [-0.3, -0.25) is 10.1 Å². The molecule has 0 bridgehead atoms. The zero-order chi connectivity index (χ0) is 16.1. The molecule has 0 fully saturated rings. The maximum Gasteiger partial charge on any atom is 0.344 e. The van der Waals surface area contributed by atoms with Gasteiger partial charge in [-0.05, 0) is 23.6 Å². The maximum atomic E-state index is 10.5. The Balaban J connectivity index is 2.45. The molecule has 0 aliphatic rings. The highest BCUT2D eigenvalue weighted by molar-refractivity contribution is 7.14. The van der Waals surface area contributed by atoms with Gasteiger partial charge in [0, 0.05) is 5.56 Å². The lowest BCUT2D eigenvalue weighted by Crippen LogP contribution is -2.08. The molecule has 1 aromatic heterocycles. The summed E-state index contributed by atoms with van der Waals surface area (Å²) in [6.07, 6.45) is 0. The second-order valence-corrected chi connectivity index (χ2v) is 5.05. The molecule has 0 amide bonds. The van der Waals surface area contributed by atoms with E-state index < -0.39 is 11.7 Å². The van der Waals surface area contributed by atoms with Gasteiger partial charge in [0.25, 0.3) is 0 Å². The van der Waals surface area contributed by atoms with Crippen LogP contribution in [0.4, 0.5) is 0 Å². The molecule has 22 heavy (non-hydrogen) atoms. The van der Waals surface area contributed by atoms with E-state index in [9.17, 15) is 10.1 Å². The molecule has 0 aliphatic carbocycles. The van der Waals surface area contributed by atoms with E-state index in [1.807, 2.05) is 0 Å². The molecule has 0 radical (unpaired) electrons. The molecule has 0 saturated carbocycles. The number of rotatable bonds is 7. The number of thiophene rings is 1. The van der Waals surface area contributed by atoms with Gasteiger partial charge < -0.3 is 18.9 Å². The van der Waals surface area contributed by atoms with Crippen molar-refractivity contribution >= 4 is 11.3 Å². The average molecular weight is 325 g/mol. The van der Waals surface area contributed by atoms with Gasteiger partial charge in [-0.25, -0.2) is 0 Å². The standard InChI is InChI=1S/C14H15NO6S/c1-18-11-6-9(7-12(19-2)13(11)20-3)14-10(4-5-22-14)21-8-15(16)17/h4-7H,8H2,1-3H3. The van der Waals surface area contributed by atoms with Gasteiger partial charge in [0.2, 0.25) is 5.75 Å². The van der Waals surface area contributed by atoms with Gasteiger partial charge in [0.1, 0.15) is 5.75 Å². The van der Waals surface area contributed by atoms with Crippen molar-refractivity contribution in [1.29, 1.82) is 0 Å². The first-order valence-electron chi connectivity index (χ1n) is 6.23. The van der Waals surface area contributed by atoms with Crippen molar-refractivity contribution in [1.82, 2.24) is 0 Å². The highest BCUT2D eigenvalue weighted by Gasteiger charge is 2.17. The predicted molar refractivity (Wildman–Crippen MR) is 81.9 cm³/mol. The Labute approximate surface area is 131 Å². The minimum atomic E-state index is -0.589. The van der Waals surface area contributed by atoms with Crippen molar-refractivity contribution in [3.63, 3.8) is 0 Å². The molecule has 0 N–H and O–H groups in total. The molecule has 2 aromatic rings. The summed E-state index contributed by atoms with van der Waals surface area (Å²) >= 11 is 1.41. The lowest BCUT2D eigenvalue weighted by atomic mass is 10.1. The number of ether oxygens (including phenoxy) is 4. The van der Waals surface area contributed by atoms with Gasteiger partial charge in [-0.15, -0.1) is 11.3 Å². The fraction of sp³-hybridized carbons (Fsp3) is 0.286. The lowest BCUT2D eigenvalue weighted by Gasteiger charge is -2.14. The number of methoxy groups -OCH3 is 3. The molecule has 0 unspecified atom stereocenters. The van der Waals surface area contributed by atoms with Crippen LogP contribution in [0.1, 0.15) is 0 Å². The van der Waals surface area contributed by atoms with Crippen LogP contribution in [-0.4, -0.2) is 33.0 Å². The Bertz CT molecular complexity index is 644. The molecule has 0 aliphatic heterocycles. The number of hydrogen-bond donors (Lipinski definition) is 0. The van der Waals surface area contributed by atoms with Crippen LogP contribution in [0.15, 0.2) is 23.6 Å². The minimum absolute atomic E-state index is 0.441. The van der Waals surface area contributed by atoms with Crippen LogP contribution in [0.5, 0.6) is 23.0 Å². The van der Waals surface area contributed by atoms with Crippen molar-refractivity contribution in [2.45, 2.75) is 0 Å². The molecule has 8 heteroatoms. The van der Waals surface area contributed by atoms with E-state index in [0.29, 0.717) is 23.0 Å².